The Balaban J connectivity index is 0.978. The number of carbonyl (C=O) groups is 1. The van der Waals surface area contributed by atoms with E-state index in [2.05, 4.69) is 36.0 Å². The van der Waals surface area contributed by atoms with Crippen molar-refractivity contribution in [3.8, 4) is 5.88 Å². The fourth-order valence-corrected chi connectivity index (χ4v) is 6.91. The first kappa shape index (κ1) is 34.8. The van der Waals surface area contributed by atoms with Gasteiger partial charge in [-0.15, -0.1) is 0 Å². The molecule has 1 atom stereocenters. The maximum absolute atomic E-state index is 14.2. The summed E-state index contributed by atoms with van der Waals surface area (Å²) < 4.78 is 55.7. The third-order valence-corrected chi connectivity index (χ3v) is 9.99. The highest BCUT2D eigenvalue weighted by Gasteiger charge is 2.25. The van der Waals surface area contributed by atoms with Gasteiger partial charge in [-0.1, -0.05) is 29.8 Å². The molecule has 0 aliphatic carbocycles. The molecule has 6 aromatic rings. The summed E-state index contributed by atoms with van der Waals surface area (Å²) in [5.41, 5.74) is 5.06. The maximum atomic E-state index is 14.2. The highest BCUT2D eigenvalue weighted by atomic mass is 35.5. The number of amides is 1. The number of alkyl halides is 2. The lowest BCUT2D eigenvalue weighted by atomic mass is 10.0. The van der Waals surface area contributed by atoms with Crippen LogP contribution in [0.15, 0.2) is 72.8 Å². The second kappa shape index (κ2) is 14.6. The topological polar surface area (TPSA) is 110 Å². The minimum absolute atomic E-state index is 0.0372. The number of aromatic amines is 1. The number of imidazole rings is 1. The molecule has 0 bridgehead atoms. The molecule has 53 heavy (non-hydrogen) atoms. The Morgan fingerprint density at radius 3 is 2.75 bits per heavy atom. The summed E-state index contributed by atoms with van der Waals surface area (Å²) in [5, 5.41) is 10.4. The average Bonchev–Trinajstić information content (AvgIpc) is 3.67. The molecule has 272 valence electrons. The summed E-state index contributed by atoms with van der Waals surface area (Å²) in [7, 11) is 0. The molecule has 2 aliphatic heterocycles. The van der Waals surface area contributed by atoms with Crippen LogP contribution in [0, 0.1) is 12.7 Å². The van der Waals surface area contributed by atoms with E-state index in [1.54, 1.807) is 43.3 Å². The SMILES string of the molecule is Cc1n[nH]c2c(C(F)F)cc(NC(=O)c3ccc4c(c3)nc(CN3CC=C(c5cccc(OCc6ccc(Cl)cc6F)n5)CC3)n4C[C@@H]3CCO3)cc12. The Hall–Kier alpha value is -5.24. The normalized spacial score (nSPS) is 16.3. The number of fused-ring (bicyclic) bond motifs is 2. The number of anilines is 1. The van der Waals surface area contributed by atoms with Gasteiger partial charge in [0.2, 0.25) is 5.88 Å². The van der Waals surface area contributed by atoms with Gasteiger partial charge in [-0.25, -0.2) is 23.1 Å². The largest absolute Gasteiger partial charge is 0.473 e. The molecule has 3 aromatic carbocycles. The third-order valence-electron chi connectivity index (χ3n) is 9.76. The molecule has 0 saturated carbocycles. The molecule has 8 rings (SSSR count). The van der Waals surface area contributed by atoms with Crippen LogP contribution in [0.1, 0.15) is 58.0 Å². The van der Waals surface area contributed by atoms with Gasteiger partial charge < -0.3 is 19.4 Å². The van der Waals surface area contributed by atoms with E-state index in [4.69, 9.17) is 26.1 Å². The second-order valence-electron chi connectivity index (χ2n) is 13.3. The number of nitrogens with one attached hydrogen (secondary N) is 2. The van der Waals surface area contributed by atoms with Crippen molar-refractivity contribution < 1.29 is 27.4 Å². The predicted molar refractivity (Wildman–Crippen MR) is 196 cm³/mol. The smallest absolute Gasteiger partial charge is 0.265 e. The van der Waals surface area contributed by atoms with Gasteiger partial charge in [0.1, 0.15) is 18.2 Å². The summed E-state index contributed by atoms with van der Waals surface area (Å²) in [6, 6.07) is 18.3. The molecule has 10 nitrogen and oxygen atoms in total. The van der Waals surface area contributed by atoms with Gasteiger partial charge in [0.25, 0.3) is 12.3 Å². The van der Waals surface area contributed by atoms with E-state index in [1.807, 2.05) is 18.2 Å². The van der Waals surface area contributed by atoms with E-state index in [0.717, 1.165) is 48.6 Å². The quantitative estimate of drug-likeness (QED) is 0.138. The molecule has 0 spiro atoms. The van der Waals surface area contributed by atoms with Crippen molar-refractivity contribution in [1.29, 1.82) is 0 Å². The third kappa shape index (κ3) is 7.37. The van der Waals surface area contributed by atoms with Crippen LogP contribution in [-0.4, -0.2) is 61.3 Å². The molecule has 5 heterocycles. The lowest BCUT2D eigenvalue weighted by molar-refractivity contribution is -0.0591. The van der Waals surface area contributed by atoms with Gasteiger partial charge in [0, 0.05) is 58.5 Å². The number of carbonyl (C=O) groups excluding carboxylic acids is 1. The van der Waals surface area contributed by atoms with E-state index in [-0.39, 0.29) is 29.5 Å². The van der Waals surface area contributed by atoms with Crippen LogP contribution in [0.2, 0.25) is 5.02 Å². The Morgan fingerprint density at radius 2 is 2.00 bits per heavy atom. The second-order valence-corrected chi connectivity index (χ2v) is 13.7. The number of nitrogens with zero attached hydrogens (tertiary/aromatic N) is 5. The van der Waals surface area contributed by atoms with Crippen LogP contribution in [0.3, 0.4) is 0 Å². The Labute approximate surface area is 307 Å². The zero-order valence-electron chi connectivity index (χ0n) is 28.7. The van der Waals surface area contributed by atoms with Gasteiger partial charge in [0.05, 0.1) is 47.1 Å². The summed E-state index contributed by atoms with van der Waals surface area (Å²) in [5.74, 6) is 0.411. The van der Waals surface area contributed by atoms with Gasteiger partial charge in [-0.3, -0.25) is 14.8 Å². The fourth-order valence-electron chi connectivity index (χ4n) is 6.75. The van der Waals surface area contributed by atoms with Crippen LogP contribution in [-0.2, 0) is 24.4 Å². The molecule has 2 N–H and O–H groups in total. The number of ether oxygens (including phenoxy) is 2. The Bertz CT molecular complexity index is 2370. The van der Waals surface area contributed by atoms with Crippen LogP contribution >= 0.6 is 11.6 Å². The zero-order chi connectivity index (χ0) is 36.6. The van der Waals surface area contributed by atoms with E-state index in [1.165, 1.54) is 12.1 Å². The number of benzene rings is 3. The average molecular weight is 742 g/mol. The minimum Gasteiger partial charge on any atom is -0.473 e. The molecule has 14 heteroatoms. The molecule has 1 fully saturated rings. The number of H-pyrrole nitrogens is 1. The maximum Gasteiger partial charge on any atom is 0.265 e. The first-order valence-electron chi connectivity index (χ1n) is 17.3. The van der Waals surface area contributed by atoms with Crippen molar-refractivity contribution in [2.24, 2.45) is 0 Å². The summed E-state index contributed by atoms with van der Waals surface area (Å²) in [4.78, 5) is 25.4. The van der Waals surface area contributed by atoms with Gasteiger partial charge >= 0.3 is 0 Å². The van der Waals surface area contributed by atoms with Crippen molar-refractivity contribution in [2.45, 2.75) is 52.0 Å². The number of aryl methyl sites for hydroxylation is 1. The van der Waals surface area contributed by atoms with E-state index in [0.29, 0.717) is 58.3 Å². The number of pyridine rings is 1. The van der Waals surface area contributed by atoms with Gasteiger partial charge in [0.15, 0.2) is 0 Å². The first-order chi connectivity index (χ1) is 25.7. The van der Waals surface area contributed by atoms with Crippen molar-refractivity contribution in [1.82, 2.24) is 29.6 Å². The molecular formula is C39H35ClF3N7O3. The number of hydrogen-bond donors (Lipinski definition) is 2. The van der Waals surface area contributed by atoms with Crippen LogP contribution in [0.5, 0.6) is 5.88 Å². The predicted octanol–water partition coefficient (Wildman–Crippen LogP) is 8.26. The Morgan fingerprint density at radius 1 is 1.13 bits per heavy atom. The number of hydrogen-bond acceptors (Lipinski definition) is 7. The van der Waals surface area contributed by atoms with E-state index in [9.17, 15) is 18.0 Å². The standard InChI is InChI=1S/C39H35ClF3N7O3/c1-22-29-17-27(18-30(38(42)43)37(29)48-47-22)44-39(51)24-6-8-34-33(15-24)45-35(50(34)19-28-11-14-52-28)20-49-12-9-23(10-13-49)32-3-2-4-36(46-32)53-21-25-5-7-26(40)16-31(25)41/h2-9,15-18,28,38H,10-14,19-21H2,1H3,(H,44,51)(H,47,48)/t28-/m0/s1. The van der Waals surface area contributed by atoms with Crippen molar-refractivity contribution in [2.75, 3.05) is 25.0 Å². The molecule has 2 aliphatic rings. The fraction of sp³-hybridized carbons (Fsp3) is 0.282. The lowest BCUT2D eigenvalue weighted by Gasteiger charge is -2.29. The van der Waals surface area contributed by atoms with E-state index >= 15 is 0 Å². The van der Waals surface area contributed by atoms with Crippen molar-refractivity contribution in [3.05, 3.63) is 118 Å². The first-order valence-corrected chi connectivity index (χ1v) is 17.7. The highest BCUT2D eigenvalue weighted by Crippen LogP contribution is 2.32. The molecule has 1 saturated heterocycles. The monoisotopic (exact) mass is 741 g/mol. The number of aromatic nitrogens is 5. The Kier molecular flexibility index (Phi) is 9.62. The minimum atomic E-state index is -2.74. The van der Waals surface area contributed by atoms with Crippen LogP contribution < -0.4 is 10.1 Å². The summed E-state index contributed by atoms with van der Waals surface area (Å²) in [6.07, 6.45) is 1.22. The summed E-state index contributed by atoms with van der Waals surface area (Å²) >= 11 is 5.87. The molecule has 3 aromatic heterocycles. The van der Waals surface area contributed by atoms with Crippen LogP contribution in [0.4, 0.5) is 18.9 Å². The molecule has 0 radical (unpaired) electrons. The molecule has 1 amide bonds. The van der Waals surface area contributed by atoms with Crippen LogP contribution in [0.25, 0.3) is 27.5 Å². The van der Waals surface area contributed by atoms with Gasteiger partial charge in [-0.2, -0.15) is 5.10 Å². The van der Waals surface area contributed by atoms with Gasteiger partial charge in [-0.05, 0) is 73.9 Å². The van der Waals surface area contributed by atoms with Crippen molar-refractivity contribution >= 4 is 50.7 Å². The number of halogens is 4. The highest BCUT2D eigenvalue weighted by molar-refractivity contribution is 6.30. The van der Waals surface area contributed by atoms with Crippen molar-refractivity contribution in [3.63, 3.8) is 0 Å². The van der Waals surface area contributed by atoms with E-state index < -0.39 is 18.1 Å². The molecule has 0 unspecified atom stereocenters. The number of rotatable bonds is 11. The summed E-state index contributed by atoms with van der Waals surface area (Å²) in [6.45, 7) is 5.15. The lowest BCUT2D eigenvalue weighted by Crippen LogP contribution is -2.33. The molecular weight excluding hydrogens is 707 g/mol. The zero-order valence-corrected chi connectivity index (χ0v) is 29.5.